The first-order chi connectivity index (χ1) is 20.0. The van der Waals surface area contributed by atoms with Crippen LogP contribution in [0.4, 0.5) is 4.39 Å². The molecule has 6 rings (SSSR count). The highest BCUT2D eigenvalue weighted by molar-refractivity contribution is 5.92. The van der Waals surface area contributed by atoms with Crippen molar-refractivity contribution >= 4 is 17.0 Å². The minimum atomic E-state index is -1.01. The molecular weight excluding hydrogens is 527 g/mol. The summed E-state index contributed by atoms with van der Waals surface area (Å²) in [6, 6.07) is 23.9. The molecule has 204 valence electrons. The van der Waals surface area contributed by atoms with Gasteiger partial charge in [-0.2, -0.15) is 10.2 Å². The molecule has 1 aliphatic heterocycles. The van der Waals surface area contributed by atoms with Crippen molar-refractivity contribution in [1.82, 2.24) is 14.5 Å². The number of carboxylic acids is 1. The maximum atomic E-state index is 14.2. The Bertz CT molecular complexity index is 1790. The van der Waals surface area contributed by atoms with E-state index >= 15 is 0 Å². The van der Waals surface area contributed by atoms with Gasteiger partial charge in [-0.3, -0.25) is 4.57 Å². The average Bonchev–Trinajstić information content (AvgIpc) is 3.30. The number of hydrogen-bond donors (Lipinski definition) is 1. The summed E-state index contributed by atoms with van der Waals surface area (Å²) in [5, 5.41) is 18.3. The van der Waals surface area contributed by atoms with E-state index < -0.39 is 11.8 Å². The van der Waals surface area contributed by atoms with Crippen LogP contribution < -0.4 is 9.47 Å². The molecule has 3 aromatic carbocycles. The van der Waals surface area contributed by atoms with Crippen molar-refractivity contribution in [3.05, 3.63) is 101 Å². The molecule has 10 heteroatoms. The predicted molar refractivity (Wildman–Crippen MR) is 146 cm³/mol. The second-order valence-corrected chi connectivity index (χ2v) is 9.49. The van der Waals surface area contributed by atoms with Gasteiger partial charge >= 0.3 is 12.0 Å². The van der Waals surface area contributed by atoms with Crippen LogP contribution in [-0.2, 0) is 17.9 Å². The lowest BCUT2D eigenvalue weighted by molar-refractivity contribution is -0.0593. The number of ether oxygens (including phenoxy) is 3. The monoisotopic (exact) mass is 550 g/mol. The van der Waals surface area contributed by atoms with Crippen LogP contribution in [0.25, 0.3) is 22.3 Å². The summed E-state index contributed by atoms with van der Waals surface area (Å²) in [6.07, 6.45) is 0.921. The highest BCUT2D eigenvalue weighted by Gasteiger charge is 2.23. The van der Waals surface area contributed by atoms with Crippen LogP contribution in [0.15, 0.2) is 78.9 Å². The standard InChI is InChI=1S/C31H23FN4O5/c32-25-14-19(16-33)4-5-22(25)18-40-29-3-1-2-26(34-29)20-6-9-23(10-7-20)41-31-35-27-11-8-21(30(37)38)15-28(27)36(31)17-24-12-13-39-24/h1-11,14-15,24H,12-13,17-18H2,(H,37,38). The number of pyridine rings is 1. The SMILES string of the molecule is N#Cc1ccc(COc2cccc(-c3ccc(Oc4nc5ccc(C(=O)O)cc5n4CC4CCO4)cc3)n2)c(F)c1. The molecule has 1 unspecified atom stereocenters. The number of imidazole rings is 1. The molecule has 0 saturated carbocycles. The van der Waals surface area contributed by atoms with Gasteiger partial charge in [0.05, 0.1) is 46.6 Å². The molecule has 3 heterocycles. The van der Waals surface area contributed by atoms with E-state index in [0.717, 1.165) is 12.0 Å². The number of halogens is 1. The molecule has 0 spiro atoms. The summed E-state index contributed by atoms with van der Waals surface area (Å²) in [7, 11) is 0. The van der Waals surface area contributed by atoms with E-state index in [9.17, 15) is 14.3 Å². The van der Waals surface area contributed by atoms with Crippen LogP contribution >= 0.6 is 0 Å². The van der Waals surface area contributed by atoms with Crippen molar-refractivity contribution in [3.63, 3.8) is 0 Å². The topological polar surface area (TPSA) is 119 Å². The van der Waals surface area contributed by atoms with Crippen LogP contribution in [0.2, 0.25) is 0 Å². The van der Waals surface area contributed by atoms with Gasteiger partial charge in [0.25, 0.3) is 0 Å². The summed E-state index contributed by atoms with van der Waals surface area (Å²) >= 11 is 0. The number of benzene rings is 3. The van der Waals surface area contributed by atoms with Crippen molar-refractivity contribution < 1.29 is 28.5 Å². The number of carboxylic acid groups (broad SMARTS) is 1. The molecule has 1 atom stereocenters. The Morgan fingerprint density at radius 1 is 1.10 bits per heavy atom. The van der Waals surface area contributed by atoms with Gasteiger partial charge in [0.1, 0.15) is 18.2 Å². The number of aromatic carboxylic acids is 1. The number of fused-ring (bicyclic) bond motifs is 1. The molecule has 0 bridgehead atoms. The number of rotatable bonds is 9. The Balaban J connectivity index is 1.19. The highest BCUT2D eigenvalue weighted by atomic mass is 19.1. The molecule has 1 aliphatic rings. The molecular formula is C31H23FN4O5. The zero-order valence-corrected chi connectivity index (χ0v) is 21.7. The number of aromatic nitrogens is 3. The molecule has 5 aromatic rings. The lowest BCUT2D eigenvalue weighted by Crippen LogP contribution is -2.31. The third kappa shape index (κ3) is 5.57. The molecule has 0 radical (unpaired) electrons. The largest absolute Gasteiger partial charge is 0.478 e. The van der Waals surface area contributed by atoms with E-state index in [1.807, 2.05) is 28.8 Å². The third-order valence-corrected chi connectivity index (χ3v) is 6.78. The van der Waals surface area contributed by atoms with Gasteiger partial charge in [0.15, 0.2) is 0 Å². The summed E-state index contributed by atoms with van der Waals surface area (Å²) in [6.45, 7) is 1.17. The van der Waals surface area contributed by atoms with Gasteiger partial charge in [-0.05, 0) is 67.1 Å². The first kappa shape index (κ1) is 26.0. The lowest BCUT2D eigenvalue weighted by atomic mass is 10.1. The average molecular weight is 551 g/mol. The van der Waals surface area contributed by atoms with E-state index in [4.69, 9.17) is 19.5 Å². The Morgan fingerprint density at radius 2 is 1.93 bits per heavy atom. The van der Waals surface area contributed by atoms with E-state index in [1.165, 1.54) is 18.2 Å². The number of hydrogen-bond acceptors (Lipinski definition) is 7. The summed E-state index contributed by atoms with van der Waals surface area (Å²) in [4.78, 5) is 20.7. The smallest absolute Gasteiger partial charge is 0.335 e. The minimum absolute atomic E-state index is 0.0135. The molecule has 0 aliphatic carbocycles. The van der Waals surface area contributed by atoms with Crippen LogP contribution in [-0.4, -0.2) is 38.3 Å². The predicted octanol–water partition coefficient (Wildman–Crippen LogP) is 5.97. The summed E-state index contributed by atoms with van der Waals surface area (Å²) in [5.41, 5.74) is 3.50. The molecule has 41 heavy (non-hydrogen) atoms. The Morgan fingerprint density at radius 3 is 2.63 bits per heavy atom. The number of carbonyl (C=O) groups is 1. The summed E-state index contributed by atoms with van der Waals surface area (Å²) in [5.74, 6) is -0.643. The van der Waals surface area contributed by atoms with E-state index in [-0.39, 0.29) is 23.8 Å². The van der Waals surface area contributed by atoms with Crippen LogP contribution in [0.1, 0.15) is 27.9 Å². The van der Waals surface area contributed by atoms with Crippen LogP contribution in [0, 0.1) is 17.1 Å². The van der Waals surface area contributed by atoms with Gasteiger partial charge in [0.2, 0.25) is 5.88 Å². The highest BCUT2D eigenvalue weighted by Crippen LogP contribution is 2.30. The fourth-order valence-corrected chi connectivity index (χ4v) is 4.46. The fraction of sp³-hybridized carbons (Fsp3) is 0.161. The van der Waals surface area contributed by atoms with E-state index in [0.29, 0.717) is 53.1 Å². The van der Waals surface area contributed by atoms with Gasteiger partial charge in [-0.1, -0.05) is 12.1 Å². The Kier molecular flexibility index (Phi) is 7.02. The second-order valence-electron chi connectivity index (χ2n) is 9.49. The quantitative estimate of drug-likeness (QED) is 0.239. The zero-order valence-electron chi connectivity index (χ0n) is 21.7. The zero-order chi connectivity index (χ0) is 28.3. The van der Waals surface area contributed by atoms with Crippen molar-refractivity contribution in [1.29, 1.82) is 5.26 Å². The van der Waals surface area contributed by atoms with Gasteiger partial charge < -0.3 is 19.3 Å². The molecule has 0 amide bonds. The number of nitrogens with zero attached hydrogens (tertiary/aromatic N) is 4. The second kappa shape index (κ2) is 11.1. The summed E-state index contributed by atoms with van der Waals surface area (Å²) < 4.78 is 33.5. The normalized spacial score (nSPS) is 14.3. The van der Waals surface area contributed by atoms with Crippen molar-refractivity contribution in [2.75, 3.05) is 6.61 Å². The lowest BCUT2D eigenvalue weighted by Gasteiger charge is -2.27. The van der Waals surface area contributed by atoms with Crippen molar-refractivity contribution in [2.45, 2.75) is 25.7 Å². The van der Waals surface area contributed by atoms with E-state index in [2.05, 4.69) is 9.97 Å². The van der Waals surface area contributed by atoms with E-state index in [1.54, 1.807) is 42.5 Å². The van der Waals surface area contributed by atoms with Gasteiger partial charge in [0, 0.05) is 23.8 Å². The maximum absolute atomic E-state index is 14.2. The van der Waals surface area contributed by atoms with Gasteiger partial charge in [-0.15, -0.1) is 0 Å². The molecule has 2 aromatic heterocycles. The van der Waals surface area contributed by atoms with Crippen molar-refractivity contribution in [2.24, 2.45) is 0 Å². The van der Waals surface area contributed by atoms with Gasteiger partial charge in [-0.25, -0.2) is 14.2 Å². The Hall–Kier alpha value is -5.27. The third-order valence-electron chi connectivity index (χ3n) is 6.78. The Labute approximate surface area is 234 Å². The molecule has 1 saturated heterocycles. The maximum Gasteiger partial charge on any atom is 0.335 e. The number of nitriles is 1. The fourth-order valence-electron chi connectivity index (χ4n) is 4.46. The van der Waals surface area contributed by atoms with Crippen molar-refractivity contribution in [3.8, 4) is 35.0 Å². The first-order valence-corrected chi connectivity index (χ1v) is 12.9. The molecule has 1 fully saturated rings. The molecule has 1 N–H and O–H groups in total. The first-order valence-electron chi connectivity index (χ1n) is 12.9. The molecule has 9 nitrogen and oxygen atoms in total. The minimum Gasteiger partial charge on any atom is -0.478 e. The van der Waals surface area contributed by atoms with Crippen LogP contribution in [0.3, 0.4) is 0 Å². The van der Waals surface area contributed by atoms with Crippen LogP contribution in [0.5, 0.6) is 17.6 Å².